The summed E-state index contributed by atoms with van der Waals surface area (Å²) in [6.07, 6.45) is 2.07. The third-order valence-corrected chi connectivity index (χ3v) is 3.79. The van der Waals surface area contributed by atoms with Gasteiger partial charge >= 0.3 is 0 Å². The summed E-state index contributed by atoms with van der Waals surface area (Å²) in [5.41, 5.74) is 8.10. The SMILES string of the molecule is CCc1c(-c2ccccc2NO)cc[c-]1CC.[Fe].[cH-]1[cH-][cH-][cH-][cH-]1. The van der Waals surface area contributed by atoms with Crippen molar-refractivity contribution in [2.75, 3.05) is 5.48 Å². The van der Waals surface area contributed by atoms with Crippen molar-refractivity contribution < 1.29 is 22.3 Å². The molecule has 2 N–H and O–H groups in total. The van der Waals surface area contributed by atoms with Crippen LogP contribution in [0.4, 0.5) is 5.69 Å². The van der Waals surface area contributed by atoms with Gasteiger partial charge in [0, 0.05) is 17.1 Å². The van der Waals surface area contributed by atoms with Crippen molar-refractivity contribution in [1.29, 1.82) is 0 Å². The summed E-state index contributed by atoms with van der Waals surface area (Å²) in [5, 5.41) is 9.16. The van der Waals surface area contributed by atoms with Crippen LogP contribution in [0.2, 0.25) is 0 Å². The normalized spacial score (nSPS) is 9.52. The summed E-state index contributed by atoms with van der Waals surface area (Å²) < 4.78 is 0. The molecule has 3 rings (SSSR count). The maximum Gasteiger partial charge on any atom is 0.0548 e. The zero-order chi connectivity index (χ0) is 15.8. The second-order valence-corrected chi connectivity index (χ2v) is 5.08. The van der Waals surface area contributed by atoms with Gasteiger partial charge in [-0.2, -0.15) is 22.8 Å². The van der Waals surface area contributed by atoms with E-state index < -0.39 is 0 Å². The van der Waals surface area contributed by atoms with Crippen molar-refractivity contribution in [2.45, 2.75) is 26.7 Å². The first-order valence-electron chi connectivity index (χ1n) is 7.75. The van der Waals surface area contributed by atoms with Gasteiger partial charge in [0.2, 0.25) is 0 Å². The quantitative estimate of drug-likeness (QED) is 0.375. The van der Waals surface area contributed by atoms with Gasteiger partial charge < -0.3 is 30.3 Å². The standard InChI is InChI=1S/C15H18NO.C5H5.Fe/c1-3-11-9-10-13(12(11)4-2)14-7-5-6-8-15(14)16-17;1-2-4-5-3-1;/h5-10,16-17H,3-4H2,1-2H3;1-5H;/q-1;-5;. The van der Waals surface area contributed by atoms with Gasteiger partial charge in [0.25, 0.3) is 0 Å². The summed E-state index contributed by atoms with van der Waals surface area (Å²) >= 11 is 0. The van der Waals surface area contributed by atoms with E-state index in [1.807, 2.05) is 54.6 Å². The summed E-state index contributed by atoms with van der Waals surface area (Å²) in [6, 6.07) is 22.2. The second kappa shape index (κ2) is 10.1. The van der Waals surface area contributed by atoms with Crippen LogP contribution in [-0.4, -0.2) is 5.21 Å². The van der Waals surface area contributed by atoms with Crippen LogP contribution in [-0.2, 0) is 29.9 Å². The zero-order valence-electron chi connectivity index (χ0n) is 13.6. The molecule has 0 unspecified atom stereocenters. The molecule has 0 heterocycles. The van der Waals surface area contributed by atoms with Gasteiger partial charge in [-0.3, -0.25) is 10.7 Å². The van der Waals surface area contributed by atoms with E-state index in [2.05, 4.69) is 31.5 Å². The average molecular weight is 349 g/mol. The van der Waals surface area contributed by atoms with Crippen molar-refractivity contribution in [3.8, 4) is 11.1 Å². The Labute approximate surface area is 149 Å². The van der Waals surface area contributed by atoms with E-state index in [1.54, 1.807) is 0 Å². The third-order valence-electron chi connectivity index (χ3n) is 3.79. The first kappa shape index (κ1) is 19.2. The number of hydrogen-bond acceptors (Lipinski definition) is 2. The Balaban J connectivity index is 0.000000377. The van der Waals surface area contributed by atoms with Crippen molar-refractivity contribution in [3.63, 3.8) is 0 Å². The van der Waals surface area contributed by atoms with Crippen molar-refractivity contribution in [1.82, 2.24) is 0 Å². The number of anilines is 1. The summed E-state index contributed by atoms with van der Waals surface area (Å²) in [7, 11) is 0. The smallest absolute Gasteiger partial charge is 0.0548 e. The molecule has 0 aliphatic heterocycles. The van der Waals surface area contributed by atoms with Crippen LogP contribution in [0.3, 0.4) is 0 Å². The van der Waals surface area contributed by atoms with Gasteiger partial charge in [-0.15, -0.1) is 0 Å². The maximum atomic E-state index is 9.16. The molecule has 0 atom stereocenters. The molecule has 0 radical (unpaired) electrons. The maximum absolute atomic E-state index is 9.16. The fourth-order valence-corrected chi connectivity index (χ4v) is 2.70. The Hall–Kier alpha value is -1.80. The Bertz CT molecular complexity index is 654. The first-order valence-corrected chi connectivity index (χ1v) is 7.75. The Morgan fingerprint density at radius 2 is 1.57 bits per heavy atom. The van der Waals surface area contributed by atoms with Crippen LogP contribution in [0.1, 0.15) is 25.0 Å². The third kappa shape index (κ3) is 4.83. The summed E-state index contributed by atoms with van der Waals surface area (Å²) in [5.74, 6) is 0. The molecule has 0 aromatic heterocycles. The van der Waals surface area contributed by atoms with Gasteiger partial charge in [0.1, 0.15) is 0 Å². The van der Waals surface area contributed by atoms with E-state index >= 15 is 0 Å². The van der Waals surface area contributed by atoms with Gasteiger partial charge in [-0.1, -0.05) is 50.5 Å². The molecular weight excluding hydrogens is 326 g/mol. The zero-order valence-corrected chi connectivity index (χ0v) is 14.7. The van der Waals surface area contributed by atoms with Crippen molar-refractivity contribution >= 4 is 5.69 Å². The van der Waals surface area contributed by atoms with Crippen LogP contribution >= 0.6 is 0 Å². The van der Waals surface area contributed by atoms with Crippen LogP contribution < -0.4 is 5.48 Å². The van der Waals surface area contributed by atoms with E-state index in [0.29, 0.717) is 0 Å². The number of hydrogen-bond donors (Lipinski definition) is 2. The van der Waals surface area contributed by atoms with Crippen molar-refractivity contribution in [3.05, 3.63) is 77.9 Å². The minimum absolute atomic E-state index is 0. The van der Waals surface area contributed by atoms with Crippen LogP contribution in [0.5, 0.6) is 0 Å². The molecule has 0 bridgehead atoms. The van der Waals surface area contributed by atoms with E-state index in [0.717, 1.165) is 24.1 Å². The number of aryl methyl sites for hydroxylation is 1. The van der Waals surface area contributed by atoms with E-state index in [4.69, 9.17) is 5.21 Å². The second-order valence-electron chi connectivity index (χ2n) is 5.08. The van der Waals surface area contributed by atoms with Crippen molar-refractivity contribution in [2.24, 2.45) is 0 Å². The Morgan fingerprint density at radius 3 is 2.09 bits per heavy atom. The molecule has 0 amide bonds. The molecule has 0 saturated heterocycles. The molecule has 0 aliphatic rings. The summed E-state index contributed by atoms with van der Waals surface area (Å²) in [6.45, 7) is 4.35. The fraction of sp³-hybridized carbons (Fsp3) is 0.200. The monoisotopic (exact) mass is 349 g/mol. The van der Waals surface area contributed by atoms with Crippen LogP contribution in [0.15, 0.2) is 66.7 Å². The molecule has 2 nitrogen and oxygen atoms in total. The molecule has 23 heavy (non-hydrogen) atoms. The molecule has 0 saturated carbocycles. The summed E-state index contributed by atoms with van der Waals surface area (Å²) in [4.78, 5) is 0. The van der Waals surface area contributed by atoms with Gasteiger partial charge in [-0.25, -0.2) is 6.07 Å². The minimum atomic E-state index is 0. The molecule has 128 valence electrons. The molecule has 0 aliphatic carbocycles. The fourth-order valence-electron chi connectivity index (χ4n) is 2.70. The number of nitrogens with one attached hydrogen (secondary N) is 1. The number of benzene rings is 1. The molecule has 3 heteroatoms. The van der Waals surface area contributed by atoms with Gasteiger partial charge in [0.05, 0.1) is 5.69 Å². The van der Waals surface area contributed by atoms with Gasteiger partial charge in [-0.05, 0) is 6.07 Å². The Morgan fingerprint density at radius 1 is 0.957 bits per heavy atom. The average Bonchev–Trinajstić information content (AvgIpc) is 3.26. The number of para-hydroxylation sites is 1. The Kier molecular flexibility index (Phi) is 8.42. The number of rotatable bonds is 4. The molecule has 3 aromatic carbocycles. The predicted octanol–water partition coefficient (Wildman–Crippen LogP) is 5.40. The first-order chi connectivity index (χ1) is 10.8. The van der Waals surface area contributed by atoms with E-state index in [1.165, 1.54) is 16.7 Å². The van der Waals surface area contributed by atoms with Gasteiger partial charge in [0.15, 0.2) is 0 Å². The molecule has 0 fully saturated rings. The molecular formula is C20H23FeNO-6. The van der Waals surface area contributed by atoms with Crippen LogP contribution in [0.25, 0.3) is 11.1 Å². The molecule has 0 spiro atoms. The largest absolute Gasteiger partial charge is 0.748 e. The molecule has 3 aromatic rings. The topological polar surface area (TPSA) is 32.3 Å². The van der Waals surface area contributed by atoms with E-state index in [9.17, 15) is 0 Å². The predicted molar refractivity (Wildman–Crippen MR) is 93.7 cm³/mol. The van der Waals surface area contributed by atoms with E-state index in [-0.39, 0.29) is 17.1 Å². The van der Waals surface area contributed by atoms with Crippen LogP contribution in [0, 0.1) is 0 Å². The minimum Gasteiger partial charge on any atom is -0.748 e.